The minimum absolute atomic E-state index is 0.0511. The van der Waals surface area contributed by atoms with Crippen LogP contribution < -0.4 is 11.2 Å². The number of anilines is 1. The second-order valence-corrected chi connectivity index (χ2v) is 4.43. The summed E-state index contributed by atoms with van der Waals surface area (Å²) in [6.45, 7) is 1.45. The van der Waals surface area contributed by atoms with Gasteiger partial charge >= 0.3 is 0 Å². The Bertz CT molecular complexity index is 772. The van der Waals surface area contributed by atoms with Gasteiger partial charge in [0.05, 0.1) is 23.9 Å². The summed E-state index contributed by atoms with van der Waals surface area (Å²) in [7, 11) is 0. The maximum atomic E-state index is 11.8. The predicted molar refractivity (Wildman–Crippen MR) is 74.8 cm³/mol. The Balaban J connectivity index is 1.93. The van der Waals surface area contributed by atoms with Crippen LogP contribution in [0, 0.1) is 0 Å². The van der Waals surface area contributed by atoms with Crippen molar-refractivity contribution in [2.45, 2.75) is 13.1 Å². The topological polar surface area (TPSA) is 65.8 Å². The molecule has 3 rings (SSSR count). The third-order valence-corrected chi connectivity index (χ3v) is 3.11. The van der Waals surface area contributed by atoms with E-state index in [4.69, 9.17) is 5.73 Å². The van der Waals surface area contributed by atoms with Crippen LogP contribution in [0.5, 0.6) is 0 Å². The molecule has 0 bridgehead atoms. The predicted octanol–water partition coefficient (Wildman–Crippen LogP) is 1.48. The molecule has 0 radical (unpaired) electrons. The van der Waals surface area contributed by atoms with Gasteiger partial charge in [-0.25, -0.2) is 0 Å². The number of nitrogens with zero attached hydrogens (tertiary/aromatic N) is 3. The second kappa shape index (κ2) is 4.61. The van der Waals surface area contributed by atoms with E-state index in [0.717, 1.165) is 17.4 Å². The van der Waals surface area contributed by atoms with Crippen LogP contribution in [-0.4, -0.2) is 14.3 Å². The Morgan fingerprint density at radius 2 is 2.00 bits per heavy atom. The van der Waals surface area contributed by atoms with Gasteiger partial charge in [0.15, 0.2) is 5.43 Å². The lowest BCUT2D eigenvalue weighted by Gasteiger charge is -2.10. The fourth-order valence-electron chi connectivity index (χ4n) is 2.17. The molecule has 0 atom stereocenters. The Morgan fingerprint density at radius 3 is 2.79 bits per heavy atom. The monoisotopic (exact) mass is 254 g/mol. The third-order valence-electron chi connectivity index (χ3n) is 3.11. The summed E-state index contributed by atoms with van der Waals surface area (Å²) in [6.07, 6.45) is 5.24. The number of para-hydroxylation sites is 1. The van der Waals surface area contributed by atoms with Crippen molar-refractivity contribution >= 4 is 16.6 Å². The lowest BCUT2D eigenvalue weighted by Crippen LogP contribution is -2.12. The van der Waals surface area contributed by atoms with E-state index in [1.54, 1.807) is 23.1 Å². The highest BCUT2D eigenvalue weighted by atomic mass is 16.1. The molecule has 1 aromatic carbocycles. The smallest absolute Gasteiger partial charge is 0.189 e. The van der Waals surface area contributed by atoms with Crippen molar-refractivity contribution in [1.82, 2.24) is 14.3 Å². The van der Waals surface area contributed by atoms with Crippen molar-refractivity contribution in [3.05, 3.63) is 59.1 Å². The van der Waals surface area contributed by atoms with Crippen LogP contribution in [-0.2, 0) is 13.1 Å². The molecule has 2 N–H and O–H groups in total. The van der Waals surface area contributed by atoms with E-state index >= 15 is 0 Å². The first-order chi connectivity index (χ1) is 9.24. The number of aryl methyl sites for hydroxylation is 2. The van der Waals surface area contributed by atoms with Crippen molar-refractivity contribution in [2.24, 2.45) is 0 Å². The van der Waals surface area contributed by atoms with E-state index in [-0.39, 0.29) is 5.43 Å². The highest BCUT2D eigenvalue weighted by molar-refractivity contribution is 5.78. The third kappa shape index (κ3) is 2.22. The SMILES string of the molecule is Nc1cnn(CCn2ccc(=O)c3ccccc32)c1. The van der Waals surface area contributed by atoms with Crippen LogP contribution in [0.15, 0.2) is 53.7 Å². The summed E-state index contributed by atoms with van der Waals surface area (Å²) < 4.78 is 3.84. The van der Waals surface area contributed by atoms with Gasteiger partial charge in [-0.15, -0.1) is 0 Å². The number of fused-ring (bicyclic) bond motifs is 1. The Morgan fingerprint density at radius 1 is 1.16 bits per heavy atom. The standard InChI is InChI=1S/C14H14N4O/c15-11-9-16-18(10-11)8-7-17-6-5-14(19)12-3-1-2-4-13(12)17/h1-6,9-10H,7-8,15H2. The zero-order chi connectivity index (χ0) is 13.2. The summed E-state index contributed by atoms with van der Waals surface area (Å²) in [4.78, 5) is 11.8. The fraction of sp³-hybridized carbons (Fsp3) is 0.143. The van der Waals surface area contributed by atoms with E-state index in [2.05, 4.69) is 9.67 Å². The highest BCUT2D eigenvalue weighted by Gasteiger charge is 2.02. The molecular formula is C14H14N4O. The summed E-state index contributed by atoms with van der Waals surface area (Å²) in [6, 6.07) is 9.21. The first-order valence-corrected chi connectivity index (χ1v) is 6.10. The fourth-order valence-corrected chi connectivity index (χ4v) is 2.17. The Kier molecular flexibility index (Phi) is 2.79. The summed E-state index contributed by atoms with van der Waals surface area (Å²) in [5.41, 5.74) is 7.27. The molecule has 0 aliphatic rings. The zero-order valence-corrected chi connectivity index (χ0v) is 10.4. The van der Waals surface area contributed by atoms with Gasteiger partial charge in [0.2, 0.25) is 0 Å². The lowest BCUT2D eigenvalue weighted by atomic mass is 10.2. The van der Waals surface area contributed by atoms with Gasteiger partial charge < -0.3 is 10.3 Å². The minimum Gasteiger partial charge on any atom is -0.396 e. The molecule has 3 aromatic rings. The number of pyridine rings is 1. The van der Waals surface area contributed by atoms with Crippen LogP contribution in [0.2, 0.25) is 0 Å². The molecule has 2 heterocycles. The maximum absolute atomic E-state index is 11.8. The van der Waals surface area contributed by atoms with E-state index in [1.165, 1.54) is 0 Å². The summed E-state index contributed by atoms with van der Waals surface area (Å²) in [5, 5.41) is 4.89. The quantitative estimate of drug-likeness (QED) is 0.770. The van der Waals surface area contributed by atoms with Crippen LogP contribution >= 0.6 is 0 Å². The average Bonchev–Trinajstić information content (AvgIpc) is 2.84. The molecule has 0 spiro atoms. The first-order valence-electron chi connectivity index (χ1n) is 6.10. The number of benzene rings is 1. The summed E-state index contributed by atoms with van der Waals surface area (Å²) in [5.74, 6) is 0. The van der Waals surface area contributed by atoms with Crippen LogP contribution in [0.4, 0.5) is 5.69 Å². The molecule has 0 saturated heterocycles. The van der Waals surface area contributed by atoms with Crippen molar-refractivity contribution in [2.75, 3.05) is 5.73 Å². The molecule has 96 valence electrons. The molecule has 0 amide bonds. The Hall–Kier alpha value is -2.56. The van der Waals surface area contributed by atoms with Crippen molar-refractivity contribution in [1.29, 1.82) is 0 Å². The molecule has 5 nitrogen and oxygen atoms in total. The number of hydrogen-bond acceptors (Lipinski definition) is 3. The minimum atomic E-state index is 0.0511. The molecule has 0 fully saturated rings. The normalized spacial score (nSPS) is 10.9. The van der Waals surface area contributed by atoms with Crippen LogP contribution in [0.25, 0.3) is 10.9 Å². The molecule has 0 aliphatic heterocycles. The number of rotatable bonds is 3. The van der Waals surface area contributed by atoms with Gasteiger partial charge in [-0.1, -0.05) is 12.1 Å². The number of nitrogens with two attached hydrogens (primary N) is 1. The molecule has 0 saturated carbocycles. The van der Waals surface area contributed by atoms with Crippen molar-refractivity contribution in [3.8, 4) is 0 Å². The van der Waals surface area contributed by atoms with Crippen molar-refractivity contribution < 1.29 is 0 Å². The number of nitrogen functional groups attached to an aromatic ring is 1. The largest absolute Gasteiger partial charge is 0.396 e. The average molecular weight is 254 g/mol. The molecule has 2 aromatic heterocycles. The highest BCUT2D eigenvalue weighted by Crippen LogP contribution is 2.09. The first kappa shape index (κ1) is 11.5. The van der Waals surface area contributed by atoms with Gasteiger partial charge in [0.25, 0.3) is 0 Å². The van der Waals surface area contributed by atoms with E-state index in [1.807, 2.05) is 30.5 Å². The number of aromatic nitrogens is 3. The number of hydrogen-bond donors (Lipinski definition) is 1. The molecule has 19 heavy (non-hydrogen) atoms. The van der Waals surface area contributed by atoms with E-state index in [0.29, 0.717) is 12.2 Å². The van der Waals surface area contributed by atoms with Crippen molar-refractivity contribution in [3.63, 3.8) is 0 Å². The van der Waals surface area contributed by atoms with Crippen LogP contribution in [0.3, 0.4) is 0 Å². The van der Waals surface area contributed by atoms with Gasteiger partial charge in [-0.3, -0.25) is 9.48 Å². The molecule has 5 heteroatoms. The van der Waals surface area contributed by atoms with Gasteiger partial charge in [-0.05, 0) is 12.1 Å². The maximum Gasteiger partial charge on any atom is 0.189 e. The zero-order valence-electron chi connectivity index (χ0n) is 10.4. The van der Waals surface area contributed by atoms with Gasteiger partial charge in [0, 0.05) is 30.4 Å². The molecule has 0 aliphatic carbocycles. The molecule has 0 unspecified atom stereocenters. The van der Waals surface area contributed by atoms with Gasteiger partial charge in [-0.2, -0.15) is 5.10 Å². The van der Waals surface area contributed by atoms with Crippen LogP contribution in [0.1, 0.15) is 0 Å². The van der Waals surface area contributed by atoms with E-state index < -0.39 is 0 Å². The summed E-state index contributed by atoms with van der Waals surface area (Å²) >= 11 is 0. The van der Waals surface area contributed by atoms with E-state index in [9.17, 15) is 4.79 Å². The lowest BCUT2D eigenvalue weighted by molar-refractivity contribution is 0.541. The Labute approximate surface area is 109 Å². The molecular weight excluding hydrogens is 240 g/mol. The van der Waals surface area contributed by atoms with Gasteiger partial charge in [0.1, 0.15) is 0 Å². The second-order valence-electron chi connectivity index (χ2n) is 4.43.